The van der Waals surface area contributed by atoms with E-state index in [4.69, 9.17) is 10.8 Å². The summed E-state index contributed by atoms with van der Waals surface area (Å²) >= 11 is 0. The number of urea groups is 1. The van der Waals surface area contributed by atoms with E-state index in [0.717, 1.165) is 0 Å². The molecule has 0 spiro atoms. The first-order valence-corrected chi connectivity index (χ1v) is 4.90. The van der Waals surface area contributed by atoms with Crippen LogP contribution in [0.15, 0.2) is 29.4 Å². The van der Waals surface area contributed by atoms with Crippen molar-refractivity contribution < 1.29 is 14.7 Å². The minimum atomic E-state index is -0.990. The molecule has 2 amide bonds. The van der Waals surface area contributed by atoms with Crippen molar-refractivity contribution >= 4 is 17.7 Å². The number of carboxylic acids is 1. The second kappa shape index (κ2) is 5.64. The Morgan fingerprint density at radius 1 is 1.41 bits per heavy atom. The number of benzene rings is 1. The third-order valence-electron chi connectivity index (χ3n) is 2.05. The number of hydrogen-bond donors (Lipinski definition) is 3. The summed E-state index contributed by atoms with van der Waals surface area (Å²) < 4.78 is 0. The average Bonchev–Trinajstić information content (AvgIpc) is 2.27. The highest BCUT2D eigenvalue weighted by Gasteiger charge is 2.09. The topological polar surface area (TPSA) is 105 Å². The molecule has 1 aromatic rings. The fourth-order valence-electron chi connectivity index (χ4n) is 1.35. The minimum absolute atomic E-state index is 0.223. The lowest BCUT2D eigenvalue weighted by Crippen LogP contribution is -2.25. The van der Waals surface area contributed by atoms with Gasteiger partial charge in [0.2, 0.25) is 0 Å². The van der Waals surface area contributed by atoms with Crippen molar-refractivity contribution in [3.05, 3.63) is 35.4 Å². The van der Waals surface area contributed by atoms with Crippen molar-refractivity contribution in [2.45, 2.75) is 13.3 Å². The molecule has 4 N–H and O–H groups in total. The number of hydrogen-bond acceptors (Lipinski definition) is 3. The quantitative estimate of drug-likeness (QED) is 0.535. The van der Waals surface area contributed by atoms with Gasteiger partial charge in [-0.2, -0.15) is 5.10 Å². The van der Waals surface area contributed by atoms with E-state index in [9.17, 15) is 9.59 Å². The van der Waals surface area contributed by atoms with E-state index in [1.54, 1.807) is 25.1 Å². The number of hydrazone groups is 1. The summed E-state index contributed by atoms with van der Waals surface area (Å²) in [6, 6.07) is 5.87. The van der Waals surface area contributed by atoms with Crippen LogP contribution in [0.25, 0.3) is 0 Å². The highest BCUT2D eigenvalue weighted by molar-refractivity contribution is 5.93. The van der Waals surface area contributed by atoms with E-state index in [0.29, 0.717) is 17.7 Å². The van der Waals surface area contributed by atoms with Crippen LogP contribution in [0, 0.1) is 0 Å². The maximum atomic E-state index is 10.9. The SMILES string of the molecule is C/C(Cc1ccccc1C(=O)O)=N/NC(N)=O. The predicted octanol–water partition coefficient (Wildman–Crippen LogP) is 0.972. The molecule has 0 aromatic heterocycles. The molecular weight excluding hydrogens is 222 g/mol. The van der Waals surface area contributed by atoms with Crippen LogP contribution in [0.5, 0.6) is 0 Å². The molecule has 1 rings (SSSR count). The Morgan fingerprint density at radius 2 is 2.06 bits per heavy atom. The summed E-state index contributed by atoms with van der Waals surface area (Å²) in [5.74, 6) is -0.990. The zero-order valence-electron chi connectivity index (χ0n) is 9.30. The number of carbonyl (C=O) groups is 2. The molecular formula is C11H13N3O3. The maximum Gasteiger partial charge on any atom is 0.335 e. The van der Waals surface area contributed by atoms with Crippen LogP contribution in [0.3, 0.4) is 0 Å². The van der Waals surface area contributed by atoms with Gasteiger partial charge in [0.25, 0.3) is 0 Å². The molecule has 17 heavy (non-hydrogen) atoms. The number of nitrogens with two attached hydrogens (primary N) is 1. The van der Waals surface area contributed by atoms with Gasteiger partial charge in [0.05, 0.1) is 5.56 Å². The second-order valence-corrected chi connectivity index (χ2v) is 3.46. The summed E-state index contributed by atoms with van der Waals surface area (Å²) in [5, 5.41) is 12.7. The van der Waals surface area contributed by atoms with E-state index < -0.39 is 12.0 Å². The molecule has 0 aliphatic rings. The van der Waals surface area contributed by atoms with Crippen molar-refractivity contribution in [1.29, 1.82) is 0 Å². The summed E-state index contributed by atoms with van der Waals surface area (Å²) in [5.41, 5.74) is 8.38. The molecule has 0 unspecified atom stereocenters. The van der Waals surface area contributed by atoms with Crippen LogP contribution in [-0.2, 0) is 6.42 Å². The smallest absolute Gasteiger partial charge is 0.335 e. The summed E-state index contributed by atoms with van der Waals surface area (Å²) in [4.78, 5) is 21.4. The Balaban J connectivity index is 2.84. The maximum absolute atomic E-state index is 10.9. The molecule has 6 nitrogen and oxygen atoms in total. The molecule has 0 atom stereocenters. The van der Waals surface area contributed by atoms with Gasteiger partial charge in [-0.1, -0.05) is 18.2 Å². The lowest BCUT2D eigenvalue weighted by molar-refractivity contribution is 0.0696. The van der Waals surface area contributed by atoms with Gasteiger partial charge in [0, 0.05) is 12.1 Å². The van der Waals surface area contributed by atoms with Crippen molar-refractivity contribution in [3.63, 3.8) is 0 Å². The number of carboxylic acid groups (broad SMARTS) is 1. The number of carbonyl (C=O) groups excluding carboxylic acids is 1. The van der Waals surface area contributed by atoms with Gasteiger partial charge in [-0.3, -0.25) is 0 Å². The molecule has 0 heterocycles. The van der Waals surface area contributed by atoms with Crippen LogP contribution >= 0.6 is 0 Å². The number of amides is 2. The zero-order chi connectivity index (χ0) is 12.8. The van der Waals surface area contributed by atoms with Gasteiger partial charge in [-0.05, 0) is 18.6 Å². The van der Waals surface area contributed by atoms with Crippen molar-refractivity contribution in [2.75, 3.05) is 0 Å². The molecule has 0 aliphatic heterocycles. The lowest BCUT2D eigenvalue weighted by Gasteiger charge is -2.05. The normalized spacial score (nSPS) is 11.0. The molecule has 1 aromatic carbocycles. The highest BCUT2D eigenvalue weighted by atomic mass is 16.4. The van der Waals surface area contributed by atoms with Gasteiger partial charge in [-0.25, -0.2) is 15.0 Å². The number of primary amides is 1. The van der Waals surface area contributed by atoms with Gasteiger partial charge in [0.15, 0.2) is 0 Å². The third-order valence-corrected chi connectivity index (χ3v) is 2.05. The van der Waals surface area contributed by atoms with Crippen molar-refractivity contribution in [1.82, 2.24) is 5.43 Å². The van der Waals surface area contributed by atoms with E-state index in [-0.39, 0.29) is 5.56 Å². The molecule has 0 aliphatic carbocycles. The Kier molecular flexibility index (Phi) is 4.21. The van der Waals surface area contributed by atoms with Crippen LogP contribution in [-0.4, -0.2) is 22.8 Å². The Hall–Kier alpha value is -2.37. The fourth-order valence-corrected chi connectivity index (χ4v) is 1.35. The molecule has 0 bridgehead atoms. The van der Waals surface area contributed by atoms with Gasteiger partial charge in [-0.15, -0.1) is 0 Å². The number of rotatable bonds is 4. The Bertz CT molecular complexity index is 469. The summed E-state index contributed by atoms with van der Waals surface area (Å²) in [7, 11) is 0. The number of nitrogens with one attached hydrogen (secondary N) is 1. The summed E-state index contributed by atoms with van der Waals surface area (Å²) in [6.07, 6.45) is 0.336. The Labute approximate surface area is 98.1 Å². The van der Waals surface area contributed by atoms with E-state index in [1.165, 1.54) is 6.07 Å². The zero-order valence-corrected chi connectivity index (χ0v) is 9.30. The lowest BCUT2D eigenvalue weighted by atomic mass is 10.0. The van der Waals surface area contributed by atoms with Crippen LogP contribution in [0.2, 0.25) is 0 Å². The average molecular weight is 235 g/mol. The van der Waals surface area contributed by atoms with Crippen LogP contribution in [0.1, 0.15) is 22.8 Å². The fraction of sp³-hybridized carbons (Fsp3) is 0.182. The van der Waals surface area contributed by atoms with E-state index in [1.807, 2.05) is 0 Å². The van der Waals surface area contributed by atoms with Crippen molar-refractivity contribution in [2.24, 2.45) is 10.8 Å². The molecule has 0 saturated heterocycles. The van der Waals surface area contributed by atoms with Gasteiger partial charge < -0.3 is 10.8 Å². The first-order valence-electron chi connectivity index (χ1n) is 4.90. The standard InChI is InChI=1S/C11H13N3O3/c1-7(13-14-11(12)17)6-8-4-2-3-5-9(8)10(15)16/h2-5H,6H2,1H3,(H,15,16)(H3,12,14,17)/b13-7-. The monoisotopic (exact) mass is 235 g/mol. The number of aromatic carboxylic acids is 1. The molecule has 0 radical (unpaired) electrons. The first kappa shape index (κ1) is 12.7. The summed E-state index contributed by atoms with van der Waals surface area (Å²) in [6.45, 7) is 1.68. The second-order valence-electron chi connectivity index (χ2n) is 3.46. The molecule has 0 fully saturated rings. The predicted molar refractivity (Wildman–Crippen MR) is 62.9 cm³/mol. The van der Waals surface area contributed by atoms with E-state index >= 15 is 0 Å². The molecule has 6 heteroatoms. The first-order chi connectivity index (χ1) is 8.00. The molecule has 90 valence electrons. The third kappa shape index (κ3) is 3.94. The Morgan fingerprint density at radius 3 is 2.65 bits per heavy atom. The highest BCUT2D eigenvalue weighted by Crippen LogP contribution is 2.10. The minimum Gasteiger partial charge on any atom is -0.478 e. The van der Waals surface area contributed by atoms with Crippen LogP contribution in [0.4, 0.5) is 4.79 Å². The van der Waals surface area contributed by atoms with Crippen LogP contribution < -0.4 is 11.2 Å². The number of nitrogens with zero attached hydrogens (tertiary/aromatic N) is 1. The molecule has 0 saturated carbocycles. The van der Waals surface area contributed by atoms with E-state index in [2.05, 4.69) is 10.5 Å². The largest absolute Gasteiger partial charge is 0.478 e. The van der Waals surface area contributed by atoms with Gasteiger partial charge in [0.1, 0.15) is 0 Å². The van der Waals surface area contributed by atoms with Crippen molar-refractivity contribution in [3.8, 4) is 0 Å². The van der Waals surface area contributed by atoms with Gasteiger partial charge >= 0.3 is 12.0 Å².